The highest BCUT2D eigenvalue weighted by Gasteiger charge is 2.47. The molecule has 1 fully saturated rings. The van der Waals surface area contributed by atoms with E-state index in [0.717, 1.165) is 5.56 Å². The van der Waals surface area contributed by atoms with Gasteiger partial charge in [0.15, 0.2) is 5.60 Å². The average molecular weight is 267 g/mol. The van der Waals surface area contributed by atoms with Gasteiger partial charge in [-0.05, 0) is 34.5 Å². The van der Waals surface area contributed by atoms with E-state index < -0.39 is 5.60 Å². The fourth-order valence-corrected chi connectivity index (χ4v) is 1.94. The molecule has 3 heteroatoms. The van der Waals surface area contributed by atoms with Gasteiger partial charge in [0.05, 0.1) is 11.1 Å². The zero-order chi connectivity index (χ0) is 10.9. The molecule has 1 atom stereocenters. The highest BCUT2D eigenvalue weighted by atomic mass is 79.9. The normalized spacial score (nSPS) is 25.1. The number of benzene rings is 1. The van der Waals surface area contributed by atoms with Crippen molar-refractivity contribution in [2.75, 3.05) is 6.61 Å². The smallest absolute Gasteiger partial charge is 0.203 e. The van der Waals surface area contributed by atoms with E-state index in [9.17, 15) is 4.79 Å². The predicted octanol–water partition coefficient (Wildman–Crippen LogP) is 2.78. The van der Waals surface area contributed by atoms with Gasteiger partial charge < -0.3 is 4.74 Å². The summed E-state index contributed by atoms with van der Waals surface area (Å²) in [5.41, 5.74) is 0.409. The van der Waals surface area contributed by atoms with Crippen LogP contribution in [0.5, 0.6) is 0 Å². The van der Waals surface area contributed by atoms with E-state index in [4.69, 9.17) is 4.74 Å². The minimum atomic E-state index is -0.593. The zero-order valence-electron chi connectivity index (χ0n) is 8.37. The molecule has 0 N–H and O–H groups in total. The number of rotatable bonds is 3. The Morgan fingerprint density at radius 1 is 1.47 bits per heavy atom. The Hall–Kier alpha value is -0.930. The fourth-order valence-electron chi connectivity index (χ4n) is 1.25. The van der Waals surface area contributed by atoms with Crippen molar-refractivity contribution in [1.82, 2.24) is 0 Å². The molecule has 1 aliphatic heterocycles. The lowest BCUT2D eigenvalue weighted by Gasteiger charge is -2.02. The molecule has 2 rings (SSSR count). The van der Waals surface area contributed by atoms with Gasteiger partial charge in [-0.2, -0.15) is 0 Å². The Morgan fingerprint density at radius 2 is 2.07 bits per heavy atom. The van der Waals surface area contributed by atoms with Crippen molar-refractivity contribution < 1.29 is 9.53 Å². The molecule has 1 aromatic rings. The topological polar surface area (TPSA) is 29.6 Å². The first-order valence-corrected chi connectivity index (χ1v) is 5.52. The minimum absolute atomic E-state index is 0.00588. The number of epoxide rings is 1. The summed E-state index contributed by atoms with van der Waals surface area (Å²) in [6.45, 7) is 2.32. The molecule has 78 valence electrons. The van der Waals surface area contributed by atoms with Gasteiger partial charge in [-0.3, -0.25) is 4.79 Å². The summed E-state index contributed by atoms with van der Waals surface area (Å²) >= 11 is 3.29. The molecule has 0 saturated carbocycles. The molecule has 1 aromatic carbocycles. The van der Waals surface area contributed by atoms with Crippen molar-refractivity contribution in [2.45, 2.75) is 12.5 Å². The number of halogens is 1. The maximum atomic E-state index is 11.8. The van der Waals surface area contributed by atoms with Crippen LogP contribution >= 0.6 is 15.9 Å². The molecule has 0 amide bonds. The number of carbonyl (C=O) groups is 1. The van der Waals surface area contributed by atoms with Crippen LogP contribution in [-0.4, -0.2) is 18.0 Å². The van der Waals surface area contributed by atoms with Crippen molar-refractivity contribution >= 4 is 27.8 Å². The third-order valence-electron chi connectivity index (χ3n) is 2.37. The second-order valence-electron chi connectivity index (χ2n) is 3.75. The molecular weight excluding hydrogens is 256 g/mol. The van der Waals surface area contributed by atoms with Gasteiger partial charge in [0.25, 0.3) is 0 Å². The highest BCUT2D eigenvalue weighted by Crippen LogP contribution is 2.32. The van der Waals surface area contributed by atoms with E-state index in [1.807, 2.05) is 36.4 Å². The second-order valence-corrected chi connectivity index (χ2v) is 4.61. The SMILES string of the molecule is C[C@@]1(C(=O)/C(Br)=C/c2ccccc2)CO1. The monoisotopic (exact) mass is 266 g/mol. The van der Waals surface area contributed by atoms with Crippen LogP contribution in [0.3, 0.4) is 0 Å². The minimum Gasteiger partial charge on any atom is -0.361 e. The van der Waals surface area contributed by atoms with Crippen molar-refractivity contribution in [2.24, 2.45) is 0 Å². The van der Waals surface area contributed by atoms with Crippen LogP contribution in [0.2, 0.25) is 0 Å². The number of carbonyl (C=O) groups excluding carboxylic acids is 1. The third-order valence-corrected chi connectivity index (χ3v) is 2.96. The Morgan fingerprint density at radius 3 is 2.60 bits per heavy atom. The lowest BCUT2D eigenvalue weighted by molar-refractivity contribution is -0.119. The van der Waals surface area contributed by atoms with Gasteiger partial charge in [-0.25, -0.2) is 0 Å². The van der Waals surface area contributed by atoms with Crippen LogP contribution in [0.1, 0.15) is 12.5 Å². The van der Waals surface area contributed by atoms with Gasteiger partial charge in [0.2, 0.25) is 5.78 Å². The standard InChI is InChI=1S/C12H11BrO2/c1-12(8-15-12)11(14)10(13)7-9-5-3-2-4-6-9/h2-7H,8H2,1H3/b10-7-/t12-/m0/s1. The average Bonchev–Trinajstić information content (AvgIpc) is 2.98. The third kappa shape index (κ3) is 2.36. The summed E-state index contributed by atoms with van der Waals surface area (Å²) in [7, 11) is 0. The molecule has 0 unspecified atom stereocenters. The maximum absolute atomic E-state index is 11.8. The van der Waals surface area contributed by atoms with Gasteiger partial charge >= 0.3 is 0 Å². The number of ether oxygens (including phenoxy) is 1. The first kappa shape index (κ1) is 10.6. The van der Waals surface area contributed by atoms with E-state index in [0.29, 0.717) is 11.1 Å². The molecule has 0 aliphatic carbocycles. The molecule has 0 bridgehead atoms. The summed E-state index contributed by atoms with van der Waals surface area (Å²) in [5.74, 6) is 0.00588. The lowest BCUT2D eigenvalue weighted by atomic mass is 10.1. The van der Waals surface area contributed by atoms with Gasteiger partial charge in [-0.1, -0.05) is 30.3 Å². The van der Waals surface area contributed by atoms with Gasteiger partial charge in [0, 0.05) is 0 Å². The van der Waals surface area contributed by atoms with Crippen LogP contribution in [0.25, 0.3) is 6.08 Å². The van der Waals surface area contributed by atoms with E-state index in [1.165, 1.54) is 0 Å². The summed E-state index contributed by atoms with van der Waals surface area (Å²) in [6, 6.07) is 9.71. The molecule has 0 radical (unpaired) electrons. The van der Waals surface area contributed by atoms with Gasteiger partial charge in [-0.15, -0.1) is 0 Å². The molecule has 1 aliphatic rings. The summed E-state index contributed by atoms with van der Waals surface area (Å²) in [5, 5.41) is 0. The summed E-state index contributed by atoms with van der Waals surface area (Å²) in [4.78, 5) is 11.8. The number of ketones is 1. The Balaban J connectivity index is 2.17. The number of hydrogen-bond acceptors (Lipinski definition) is 2. The maximum Gasteiger partial charge on any atom is 0.203 e. The molecule has 0 aromatic heterocycles. The first-order chi connectivity index (χ1) is 7.12. The van der Waals surface area contributed by atoms with Crippen LogP contribution in [0.15, 0.2) is 34.8 Å². The lowest BCUT2D eigenvalue weighted by Crippen LogP contribution is -2.19. The van der Waals surface area contributed by atoms with Crippen molar-refractivity contribution in [3.63, 3.8) is 0 Å². The van der Waals surface area contributed by atoms with Crippen molar-refractivity contribution in [1.29, 1.82) is 0 Å². The Labute approximate surface area is 97.1 Å². The Kier molecular flexibility index (Phi) is 2.76. The molecule has 15 heavy (non-hydrogen) atoms. The summed E-state index contributed by atoms with van der Waals surface area (Å²) < 4.78 is 5.66. The van der Waals surface area contributed by atoms with E-state index in [-0.39, 0.29) is 5.78 Å². The molecule has 2 nitrogen and oxygen atoms in total. The van der Waals surface area contributed by atoms with E-state index in [2.05, 4.69) is 15.9 Å². The van der Waals surface area contributed by atoms with Crippen molar-refractivity contribution in [3.05, 3.63) is 40.4 Å². The van der Waals surface area contributed by atoms with Crippen LogP contribution < -0.4 is 0 Å². The Bertz CT molecular complexity index is 405. The zero-order valence-corrected chi connectivity index (χ0v) is 9.95. The highest BCUT2D eigenvalue weighted by molar-refractivity contribution is 9.12. The largest absolute Gasteiger partial charge is 0.361 e. The van der Waals surface area contributed by atoms with Crippen LogP contribution in [-0.2, 0) is 9.53 Å². The molecule has 1 saturated heterocycles. The molecular formula is C12H11BrO2. The van der Waals surface area contributed by atoms with E-state index >= 15 is 0 Å². The fraction of sp³-hybridized carbons (Fsp3) is 0.250. The van der Waals surface area contributed by atoms with Gasteiger partial charge in [0.1, 0.15) is 0 Å². The first-order valence-electron chi connectivity index (χ1n) is 4.73. The number of hydrogen-bond donors (Lipinski definition) is 0. The second kappa shape index (κ2) is 3.91. The summed E-state index contributed by atoms with van der Waals surface area (Å²) in [6.07, 6.45) is 1.81. The number of Topliss-reactive ketones (excluding diaryl/α,β-unsaturated/α-hetero) is 1. The molecule has 1 heterocycles. The molecule has 0 spiro atoms. The van der Waals surface area contributed by atoms with Crippen LogP contribution in [0, 0.1) is 0 Å². The predicted molar refractivity (Wildman–Crippen MR) is 62.7 cm³/mol. The van der Waals surface area contributed by atoms with E-state index in [1.54, 1.807) is 6.92 Å². The quantitative estimate of drug-likeness (QED) is 0.622. The van der Waals surface area contributed by atoms with Crippen LogP contribution in [0.4, 0.5) is 0 Å². The van der Waals surface area contributed by atoms with Crippen molar-refractivity contribution in [3.8, 4) is 0 Å².